The van der Waals surface area contributed by atoms with Gasteiger partial charge >= 0.3 is 0 Å². The fourth-order valence-electron chi connectivity index (χ4n) is 2.85. The molecule has 21 heavy (non-hydrogen) atoms. The van der Waals surface area contributed by atoms with Crippen molar-refractivity contribution in [2.45, 2.75) is 58.0 Å². The molecule has 118 valence electrons. The minimum atomic E-state index is -0.0492. The van der Waals surface area contributed by atoms with Crippen molar-refractivity contribution in [2.24, 2.45) is 5.92 Å². The van der Waals surface area contributed by atoms with Crippen LogP contribution in [0.3, 0.4) is 0 Å². The third-order valence-electron chi connectivity index (χ3n) is 4.42. The van der Waals surface area contributed by atoms with E-state index in [1.165, 1.54) is 18.4 Å². The van der Waals surface area contributed by atoms with E-state index < -0.39 is 0 Å². The van der Waals surface area contributed by atoms with E-state index in [2.05, 4.69) is 31.3 Å². The molecule has 1 saturated carbocycles. The van der Waals surface area contributed by atoms with Gasteiger partial charge in [0.25, 0.3) is 0 Å². The summed E-state index contributed by atoms with van der Waals surface area (Å²) in [6, 6.07) is 8.30. The average molecular weight is 291 g/mol. The molecule has 0 bridgehead atoms. The first kappa shape index (κ1) is 16.3. The van der Waals surface area contributed by atoms with Crippen molar-refractivity contribution in [1.82, 2.24) is 5.32 Å². The van der Waals surface area contributed by atoms with Crippen LogP contribution in [0.1, 0.15) is 51.5 Å². The summed E-state index contributed by atoms with van der Waals surface area (Å²) >= 11 is 0. The summed E-state index contributed by atoms with van der Waals surface area (Å²) in [7, 11) is 0. The summed E-state index contributed by atoms with van der Waals surface area (Å²) in [6.07, 6.45) is 5.69. The molecule has 1 aromatic rings. The summed E-state index contributed by atoms with van der Waals surface area (Å²) in [4.78, 5) is 0. The van der Waals surface area contributed by atoms with Crippen molar-refractivity contribution in [3.8, 4) is 5.75 Å². The number of ether oxygens (including phenoxy) is 1. The van der Waals surface area contributed by atoms with E-state index in [0.29, 0.717) is 5.92 Å². The number of nitrogens with one attached hydrogen (secondary N) is 1. The molecular weight excluding hydrogens is 262 g/mol. The van der Waals surface area contributed by atoms with Gasteiger partial charge in [0.15, 0.2) is 0 Å². The zero-order chi connectivity index (χ0) is 15.1. The van der Waals surface area contributed by atoms with Gasteiger partial charge in [-0.05, 0) is 42.9 Å². The first-order valence-electron chi connectivity index (χ1n) is 8.21. The normalized spacial score (nSPS) is 17.3. The van der Waals surface area contributed by atoms with Crippen LogP contribution in [0.25, 0.3) is 0 Å². The molecule has 0 radical (unpaired) electrons. The van der Waals surface area contributed by atoms with Gasteiger partial charge in [0, 0.05) is 12.1 Å². The molecule has 0 spiro atoms. The fraction of sp³-hybridized carbons (Fsp3) is 0.667. The molecule has 1 aliphatic rings. The van der Waals surface area contributed by atoms with E-state index in [0.717, 1.165) is 38.2 Å². The lowest BCUT2D eigenvalue weighted by Gasteiger charge is -2.28. The van der Waals surface area contributed by atoms with E-state index in [-0.39, 0.29) is 12.1 Å². The molecule has 0 saturated heterocycles. The molecule has 3 heteroatoms. The zero-order valence-corrected chi connectivity index (χ0v) is 13.4. The highest BCUT2D eigenvalue weighted by Crippen LogP contribution is 2.29. The van der Waals surface area contributed by atoms with Crippen LogP contribution in [0.4, 0.5) is 0 Å². The second kappa shape index (κ2) is 7.81. The molecule has 2 N–H and O–H groups in total. The van der Waals surface area contributed by atoms with Gasteiger partial charge in [-0.3, -0.25) is 0 Å². The molecule has 0 aliphatic heterocycles. The minimum absolute atomic E-state index is 0.0492. The van der Waals surface area contributed by atoms with E-state index >= 15 is 0 Å². The van der Waals surface area contributed by atoms with Crippen LogP contribution < -0.4 is 10.1 Å². The molecule has 0 unspecified atom stereocenters. The van der Waals surface area contributed by atoms with E-state index in [1.54, 1.807) is 0 Å². The van der Waals surface area contributed by atoms with Crippen LogP contribution in [0.5, 0.6) is 5.75 Å². The van der Waals surface area contributed by atoms with Gasteiger partial charge in [-0.2, -0.15) is 0 Å². The summed E-state index contributed by atoms with van der Waals surface area (Å²) in [5.41, 5.74) is 1.19. The second-order valence-corrected chi connectivity index (χ2v) is 6.67. The zero-order valence-electron chi connectivity index (χ0n) is 13.4. The lowest BCUT2D eigenvalue weighted by Crippen LogP contribution is -2.45. The van der Waals surface area contributed by atoms with Gasteiger partial charge in [-0.1, -0.05) is 38.8 Å². The Morgan fingerprint density at radius 1 is 1.19 bits per heavy atom. The molecule has 1 fully saturated rings. The summed E-state index contributed by atoms with van der Waals surface area (Å²) in [5, 5.41) is 13.1. The number of aliphatic hydroxyl groups excluding tert-OH is 1. The molecule has 1 aromatic carbocycles. The van der Waals surface area contributed by atoms with Crippen molar-refractivity contribution < 1.29 is 9.84 Å². The monoisotopic (exact) mass is 291 g/mol. The first-order chi connectivity index (χ1) is 10.1. The lowest BCUT2D eigenvalue weighted by atomic mass is 9.98. The SMILES string of the molecule is CC(C)CCOc1ccc(CNC2(CO)CCCC2)cc1. The van der Waals surface area contributed by atoms with E-state index in [4.69, 9.17) is 4.74 Å². The second-order valence-electron chi connectivity index (χ2n) is 6.67. The fourth-order valence-corrected chi connectivity index (χ4v) is 2.85. The van der Waals surface area contributed by atoms with Gasteiger partial charge in [0.1, 0.15) is 5.75 Å². The molecular formula is C18H29NO2. The third-order valence-corrected chi connectivity index (χ3v) is 4.42. The van der Waals surface area contributed by atoms with E-state index in [9.17, 15) is 5.11 Å². The van der Waals surface area contributed by atoms with Gasteiger partial charge in [-0.25, -0.2) is 0 Å². The Bertz CT molecular complexity index is 408. The average Bonchev–Trinajstić information content (AvgIpc) is 2.96. The Morgan fingerprint density at radius 2 is 1.86 bits per heavy atom. The molecule has 0 aromatic heterocycles. The van der Waals surface area contributed by atoms with Crippen LogP contribution in [0, 0.1) is 5.92 Å². The Balaban J connectivity index is 1.79. The summed E-state index contributed by atoms with van der Waals surface area (Å²) in [5.74, 6) is 1.62. The number of aliphatic hydroxyl groups is 1. The van der Waals surface area contributed by atoms with Crippen molar-refractivity contribution >= 4 is 0 Å². The topological polar surface area (TPSA) is 41.5 Å². The Kier molecular flexibility index (Phi) is 6.07. The van der Waals surface area contributed by atoms with Gasteiger partial charge in [0.2, 0.25) is 0 Å². The van der Waals surface area contributed by atoms with Crippen molar-refractivity contribution in [3.05, 3.63) is 29.8 Å². The van der Waals surface area contributed by atoms with Crippen LogP contribution in [-0.2, 0) is 6.54 Å². The molecule has 2 rings (SSSR count). The predicted octanol–water partition coefficient (Wildman–Crippen LogP) is 3.51. The minimum Gasteiger partial charge on any atom is -0.494 e. The Hall–Kier alpha value is -1.06. The molecule has 1 aliphatic carbocycles. The van der Waals surface area contributed by atoms with Gasteiger partial charge < -0.3 is 15.2 Å². The standard InChI is InChI=1S/C18H29NO2/c1-15(2)9-12-21-17-7-5-16(6-8-17)13-19-18(14-20)10-3-4-11-18/h5-8,15,19-20H,3-4,9-14H2,1-2H3. The largest absolute Gasteiger partial charge is 0.494 e. The Labute approximate surface area is 128 Å². The van der Waals surface area contributed by atoms with Crippen LogP contribution in [0.15, 0.2) is 24.3 Å². The quantitative estimate of drug-likeness (QED) is 0.770. The van der Waals surface area contributed by atoms with Gasteiger partial charge in [0.05, 0.1) is 13.2 Å². The smallest absolute Gasteiger partial charge is 0.119 e. The number of hydrogen-bond acceptors (Lipinski definition) is 3. The highest BCUT2D eigenvalue weighted by Gasteiger charge is 2.32. The van der Waals surface area contributed by atoms with Crippen LogP contribution in [0.2, 0.25) is 0 Å². The maximum atomic E-state index is 9.60. The highest BCUT2D eigenvalue weighted by atomic mass is 16.5. The number of rotatable bonds is 8. The van der Waals surface area contributed by atoms with Crippen molar-refractivity contribution in [3.63, 3.8) is 0 Å². The summed E-state index contributed by atoms with van der Waals surface area (Å²) in [6.45, 7) is 6.25. The number of hydrogen-bond donors (Lipinski definition) is 2. The molecule has 3 nitrogen and oxygen atoms in total. The Morgan fingerprint density at radius 3 is 2.43 bits per heavy atom. The third kappa shape index (κ3) is 5.01. The maximum absolute atomic E-state index is 9.60. The number of benzene rings is 1. The summed E-state index contributed by atoms with van der Waals surface area (Å²) < 4.78 is 5.73. The molecule has 0 heterocycles. The van der Waals surface area contributed by atoms with Crippen LogP contribution in [-0.4, -0.2) is 23.9 Å². The highest BCUT2D eigenvalue weighted by molar-refractivity contribution is 5.27. The predicted molar refractivity (Wildman–Crippen MR) is 86.5 cm³/mol. The van der Waals surface area contributed by atoms with Crippen LogP contribution >= 0.6 is 0 Å². The van der Waals surface area contributed by atoms with Crippen molar-refractivity contribution in [2.75, 3.05) is 13.2 Å². The molecule has 0 amide bonds. The maximum Gasteiger partial charge on any atom is 0.119 e. The van der Waals surface area contributed by atoms with Crippen molar-refractivity contribution in [1.29, 1.82) is 0 Å². The molecule has 0 atom stereocenters. The van der Waals surface area contributed by atoms with E-state index in [1.807, 2.05) is 12.1 Å². The van der Waals surface area contributed by atoms with Gasteiger partial charge in [-0.15, -0.1) is 0 Å². The first-order valence-corrected chi connectivity index (χ1v) is 8.21. The lowest BCUT2D eigenvalue weighted by molar-refractivity contribution is 0.163.